The van der Waals surface area contributed by atoms with Crippen molar-refractivity contribution in [1.29, 1.82) is 0 Å². The van der Waals surface area contributed by atoms with Crippen LogP contribution in [0.25, 0.3) is 0 Å². The molecule has 0 unspecified atom stereocenters. The van der Waals surface area contributed by atoms with Crippen molar-refractivity contribution in [3.8, 4) is 11.8 Å². The second-order valence-corrected chi connectivity index (χ2v) is 5.52. The molecule has 6 nitrogen and oxygen atoms in total. The quantitative estimate of drug-likeness (QED) is 0.663. The molecule has 3 N–H and O–H groups in total. The molecule has 3 rings (SSSR count). The Hall–Kier alpha value is -3.93. The van der Waals surface area contributed by atoms with E-state index in [4.69, 9.17) is 5.73 Å². The summed E-state index contributed by atoms with van der Waals surface area (Å²) >= 11 is 0. The fourth-order valence-electron chi connectivity index (χ4n) is 2.14. The normalized spacial score (nSPS) is 10.7. The molecule has 0 radical (unpaired) electrons. The number of nitrogen functional groups attached to an aromatic ring is 1. The number of benzene rings is 1. The minimum Gasteiger partial charge on any atom is -0.368 e. The standard InChI is InChI=1S/C19H12F3N5O/c20-19(21,22)13-3-1-5-15(9-13)27-17(28)16-6-2-4-14(26-16)8-7-12-10-24-18(23)25-11-12/h1-6,9-11H,(H,27,28)(H2,23,24,25). The van der Waals surface area contributed by atoms with Crippen LogP contribution < -0.4 is 11.1 Å². The van der Waals surface area contributed by atoms with Gasteiger partial charge in [-0.3, -0.25) is 4.79 Å². The van der Waals surface area contributed by atoms with Crippen LogP contribution in [0.1, 0.15) is 27.3 Å². The van der Waals surface area contributed by atoms with Crippen LogP contribution in [-0.2, 0) is 6.18 Å². The topological polar surface area (TPSA) is 93.8 Å². The maximum atomic E-state index is 12.8. The van der Waals surface area contributed by atoms with Crippen LogP contribution in [0.4, 0.5) is 24.8 Å². The average molecular weight is 383 g/mol. The van der Waals surface area contributed by atoms with Gasteiger partial charge in [0.05, 0.1) is 11.1 Å². The minimum atomic E-state index is -4.50. The summed E-state index contributed by atoms with van der Waals surface area (Å²) in [6.07, 6.45) is -1.61. The molecule has 0 aliphatic heterocycles. The zero-order chi connectivity index (χ0) is 20.1. The molecule has 0 fully saturated rings. The number of halogens is 3. The van der Waals surface area contributed by atoms with Crippen molar-refractivity contribution in [1.82, 2.24) is 15.0 Å². The summed E-state index contributed by atoms with van der Waals surface area (Å²) in [6.45, 7) is 0. The van der Waals surface area contributed by atoms with Gasteiger partial charge in [0, 0.05) is 18.1 Å². The number of aromatic nitrogens is 3. The molecule has 2 aromatic heterocycles. The Morgan fingerprint density at radius 1 is 1.04 bits per heavy atom. The predicted octanol–water partition coefficient (Wildman–Crippen LogP) is 3.12. The number of hydrogen-bond acceptors (Lipinski definition) is 5. The van der Waals surface area contributed by atoms with Gasteiger partial charge < -0.3 is 11.1 Å². The molecule has 3 aromatic rings. The fourth-order valence-corrected chi connectivity index (χ4v) is 2.14. The van der Waals surface area contributed by atoms with Gasteiger partial charge in [-0.25, -0.2) is 15.0 Å². The average Bonchev–Trinajstić information content (AvgIpc) is 2.67. The van der Waals surface area contributed by atoms with E-state index in [0.29, 0.717) is 11.3 Å². The Labute approximate surface area is 157 Å². The van der Waals surface area contributed by atoms with Crippen molar-refractivity contribution in [2.24, 2.45) is 0 Å². The Morgan fingerprint density at radius 2 is 1.75 bits per heavy atom. The highest BCUT2D eigenvalue weighted by Crippen LogP contribution is 2.30. The summed E-state index contributed by atoms with van der Waals surface area (Å²) < 4.78 is 38.3. The molecule has 0 aliphatic rings. The van der Waals surface area contributed by atoms with Crippen LogP contribution in [0.5, 0.6) is 0 Å². The molecule has 140 valence electrons. The number of hydrogen-bond donors (Lipinski definition) is 2. The lowest BCUT2D eigenvalue weighted by Gasteiger charge is -2.09. The molecule has 28 heavy (non-hydrogen) atoms. The monoisotopic (exact) mass is 383 g/mol. The van der Waals surface area contributed by atoms with Gasteiger partial charge in [-0.1, -0.05) is 18.1 Å². The lowest BCUT2D eigenvalue weighted by molar-refractivity contribution is -0.137. The Morgan fingerprint density at radius 3 is 2.46 bits per heavy atom. The molecule has 0 aliphatic carbocycles. The molecule has 1 amide bonds. The number of pyridine rings is 1. The number of alkyl halides is 3. The summed E-state index contributed by atoms with van der Waals surface area (Å²) in [5.41, 5.74) is 5.37. The second-order valence-electron chi connectivity index (χ2n) is 5.52. The molecule has 2 heterocycles. The number of nitrogens with zero attached hydrogens (tertiary/aromatic N) is 3. The highest BCUT2D eigenvalue weighted by Gasteiger charge is 2.30. The molecular formula is C19H12F3N5O. The van der Waals surface area contributed by atoms with Gasteiger partial charge in [0.2, 0.25) is 5.95 Å². The third-order valence-electron chi connectivity index (χ3n) is 3.44. The zero-order valence-corrected chi connectivity index (χ0v) is 14.2. The van der Waals surface area contributed by atoms with Gasteiger partial charge in [0.1, 0.15) is 11.4 Å². The number of amides is 1. The first kappa shape index (κ1) is 18.8. The van der Waals surface area contributed by atoms with Gasteiger partial charge in [0.25, 0.3) is 5.91 Å². The van der Waals surface area contributed by atoms with E-state index in [9.17, 15) is 18.0 Å². The van der Waals surface area contributed by atoms with Gasteiger partial charge in [0.15, 0.2) is 0 Å². The van der Waals surface area contributed by atoms with Gasteiger partial charge in [-0.15, -0.1) is 0 Å². The largest absolute Gasteiger partial charge is 0.416 e. The van der Waals surface area contributed by atoms with Crippen LogP contribution in [0, 0.1) is 11.8 Å². The lowest BCUT2D eigenvalue weighted by Crippen LogP contribution is -2.15. The Bertz CT molecular complexity index is 1070. The summed E-state index contributed by atoms with van der Waals surface area (Å²) in [5.74, 6) is 5.00. The van der Waals surface area contributed by atoms with E-state index in [1.54, 1.807) is 12.1 Å². The molecule has 1 aromatic carbocycles. The first-order valence-corrected chi connectivity index (χ1v) is 7.86. The third-order valence-corrected chi connectivity index (χ3v) is 3.44. The predicted molar refractivity (Wildman–Crippen MR) is 96.1 cm³/mol. The van der Waals surface area contributed by atoms with E-state index in [-0.39, 0.29) is 17.3 Å². The van der Waals surface area contributed by atoms with E-state index in [1.807, 2.05) is 0 Å². The number of nitrogens with two attached hydrogens (primary N) is 1. The van der Waals surface area contributed by atoms with Crippen LogP contribution in [-0.4, -0.2) is 20.9 Å². The van der Waals surface area contributed by atoms with Crippen LogP contribution in [0.15, 0.2) is 54.9 Å². The van der Waals surface area contributed by atoms with Crippen LogP contribution >= 0.6 is 0 Å². The molecule has 0 atom stereocenters. The smallest absolute Gasteiger partial charge is 0.368 e. The summed E-state index contributed by atoms with van der Waals surface area (Å²) in [5, 5.41) is 2.39. The Kier molecular flexibility index (Phi) is 5.22. The Balaban J connectivity index is 1.77. The molecule has 0 saturated heterocycles. The van der Waals surface area contributed by atoms with E-state index in [2.05, 4.69) is 32.1 Å². The maximum Gasteiger partial charge on any atom is 0.416 e. The summed E-state index contributed by atoms with van der Waals surface area (Å²) in [7, 11) is 0. The zero-order valence-electron chi connectivity index (χ0n) is 14.2. The first-order chi connectivity index (χ1) is 13.3. The fraction of sp³-hybridized carbons (Fsp3) is 0.0526. The lowest BCUT2D eigenvalue weighted by atomic mass is 10.2. The minimum absolute atomic E-state index is 0.0112. The van der Waals surface area contributed by atoms with Crippen LogP contribution in [0.2, 0.25) is 0 Å². The van der Waals surface area contributed by atoms with Crippen molar-refractivity contribution in [3.05, 3.63) is 77.4 Å². The van der Waals surface area contributed by atoms with E-state index < -0.39 is 17.6 Å². The maximum absolute atomic E-state index is 12.8. The molecule has 0 bridgehead atoms. The molecular weight excluding hydrogens is 371 g/mol. The van der Waals surface area contributed by atoms with Crippen molar-refractivity contribution in [3.63, 3.8) is 0 Å². The van der Waals surface area contributed by atoms with Crippen molar-refractivity contribution in [2.75, 3.05) is 11.1 Å². The highest BCUT2D eigenvalue weighted by molar-refractivity contribution is 6.02. The van der Waals surface area contributed by atoms with E-state index in [0.717, 1.165) is 12.1 Å². The van der Waals surface area contributed by atoms with Gasteiger partial charge in [-0.2, -0.15) is 13.2 Å². The summed E-state index contributed by atoms with van der Waals surface area (Å²) in [6, 6.07) is 8.93. The number of rotatable bonds is 2. The van der Waals surface area contributed by atoms with E-state index >= 15 is 0 Å². The number of anilines is 2. The molecule has 9 heteroatoms. The van der Waals surface area contributed by atoms with Gasteiger partial charge in [-0.05, 0) is 36.3 Å². The number of nitrogens with one attached hydrogen (secondary N) is 1. The summed E-state index contributed by atoms with van der Waals surface area (Å²) in [4.78, 5) is 24.0. The second kappa shape index (κ2) is 7.75. The first-order valence-electron chi connectivity index (χ1n) is 7.86. The SMILES string of the molecule is Nc1ncc(C#Cc2cccc(C(=O)Nc3cccc(C(F)(F)F)c3)n2)cn1. The van der Waals surface area contributed by atoms with Crippen molar-refractivity contribution >= 4 is 17.5 Å². The highest BCUT2D eigenvalue weighted by atomic mass is 19.4. The number of carbonyl (C=O) groups is 1. The number of carbonyl (C=O) groups excluding carboxylic acids is 1. The van der Waals surface area contributed by atoms with Gasteiger partial charge >= 0.3 is 6.18 Å². The van der Waals surface area contributed by atoms with Crippen molar-refractivity contribution < 1.29 is 18.0 Å². The molecule has 0 saturated carbocycles. The van der Waals surface area contributed by atoms with E-state index in [1.165, 1.54) is 30.6 Å². The molecule has 0 spiro atoms. The van der Waals surface area contributed by atoms with Crippen molar-refractivity contribution in [2.45, 2.75) is 6.18 Å². The van der Waals surface area contributed by atoms with Crippen LogP contribution in [0.3, 0.4) is 0 Å². The third kappa shape index (κ3) is 4.82.